The van der Waals surface area contributed by atoms with E-state index in [0.717, 1.165) is 0 Å². The molecule has 6 heteroatoms. The van der Waals surface area contributed by atoms with Crippen LogP contribution in [-0.2, 0) is 0 Å². The summed E-state index contributed by atoms with van der Waals surface area (Å²) in [7, 11) is 0. The SMILES string of the molecule is NC[C@@H](N)c1cc(F)c(F)c(F)c1O. The van der Waals surface area contributed by atoms with Crippen LogP contribution in [0, 0.1) is 17.5 Å². The molecular weight excluding hydrogens is 197 g/mol. The van der Waals surface area contributed by atoms with Crippen molar-refractivity contribution >= 4 is 0 Å². The smallest absolute Gasteiger partial charge is 0.203 e. The Morgan fingerprint density at radius 2 is 1.86 bits per heavy atom. The minimum Gasteiger partial charge on any atom is -0.505 e. The standard InChI is InChI=1S/C8H9F3N2O/c9-4-1-3(5(13)2-12)8(14)7(11)6(4)10/h1,5,14H,2,12-13H2/t5-/m1/s1. The normalized spacial score (nSPS) is 12.9. The van der Waals surface area contributed by atoms with Crippen molar-refractivity contribution < 1.29 is 18.3 Å². The molecule has 0 amide bonds. The quantitative estimate of drug-likeness (QED) is 0.626. The average Bonchev–Trinajstić information content (AvgIpc) is 2.19. The lowest BCUT2D eigenvalue weighted by Crippen LogP contribution is -2.21. The molecule has 0 saturated carbocycles. The van der Waals surface area contributed by atoms with Gasteiger partial charge in [-0.3, -0.25) is 0 Å². The molecule has 0 aliphatic carbocycles. The second-order valence-electron chi connectivity index (χ2n) is 2.77. The molecule has 3 nitrogen and oxygen atoms in total. The summed E-state index contributed by atoms with van der Waals surface area (Å²) in [5.74, 6) is -5.78. The van der Waals surface area contributed by atoms with Crippen LogP contribution in [-0.4, -0.2) is 11.7 Å². The maximum absolute atomic E-state index is 12.8. The first-order chi connectivity index (χ1) is 6.49. The first-order valence-electron chi connectivity index (χ1n) is 3.81. The van der Waals surface area contributed by atoms with Crippen molar-refractivity contribution in [2.24, 2.45) is 11.5 Å². The highest BCUT2D eigenvalue weighted by atomic mass is 19.2. The third kappa shape index (κ3) is 1.66. The summed E-state index contributed by atoms with van der Waals surface area (Å²) in [5.41, 5.74) is 10.2. The molecule has 0 bridgehead atoms. The highest BCUT2D eigenvalue weighted by molar-refractivity contribution is 5.37. The maximum atomic E-state index is 12.8. The lowest BCUT2D eigenvalue weighted by Gasteiger charge is -2.12. The molecular formula is C8H9F3N2O. The molecule has 0 heterocycles. The van der Waals surface area contributed by atoms with Crippen molar-refractivity contribution in [3.8, 4) is 5.75 Å². The molecule has 0 unspecified atom stereocenters. The Hall–Kier alpha value is -1.27. The largest absolute Gasteiger partial charge is 0.505 e. The lowest BCUT2D eigenvalue weighted by molar-refractivity contribution is 0.378. The van der Waals surface area contributed by atoms with Gasteiger partial charge in [0.2, 0.25) is 5.82 Å². The number of rotatable bonds is 2. The minimum absolute atomic E-state index is 0.113. The third-order valence-electron chi connectivity index (χ3n) is 1.82. The van der Waals surface area contributed by atoms with Gasteiger partial charge in [0.05, 0.1) is 0 Å². The number of benzene rings is 1. The minimum atomic E-state index is -1.73. The molecule has 0 aliphatic rings. The second-order valence-corrected chi connectivity index (χ2v) is 2.77. The van der Waals surface area contributed by atoms with Crippen molar-refractivity contribution in [3.05, 3.63) is 29.1 Å². The van der Waals surface area contributed by atoms with Gasteiger partial charge in [-0.1, -0.05) is 0 Å². The summed E-state index contributed by atoms with van der Waals surface area (Å²) in [5, 5.41) is 9.09. The van der Waals surface area contributed by atoms with Gasteiger partial charge in [-0.05, 0) is 6.07 Å². The van der Waals surface area contributed by atoms with Crippen molar-refractivity contribution in [1.29, 1.82) is 0 Å². The highest BCUT2D eigenvalue weighted by Gasteiger charge is 2.20. The van der Waals surface area contributed by atoms with Gasteiger partial charge in [-0.15, -0.1) is 0 Å². The first-order valence-corrected chi connectivity index (χ1v) is 3.81. The molecule has 0 spiro atoms. The summed E-state index contributed by atoms with van der Waals surface area (Å²) < 4.78 is 38.0. The fraction of sp³-hybridized carbons (Fsp3) is 0.250. The topological polar surface area (TPSA) is 72.3 Å². The van der Waals surface area contributed by atoms with E-state index in [4.69, 9.17) is 16.6 Å². The molecule has 0 aromatic heterocycles. The van der Waals surface area contributed by atoms with Crippen molar-refractivity contribution in [2.45, 2.75) is 6.04 Å². The molecule has 78 valence electrons. The van der Waals surface area contributed by atoms with E-state index < -0.39 is 29.2 Å². The summed E-state index contributed by atoms with van der Waals surface area (Å²) in [6.45, 7) is -0.113. The maximum Gasteiger partial charge on any atom is 0.203 e. The zero-order valence-corrected chi connectivity index (χ0v) is 7.10. The Balaban J connectivity index is 3.33. The van der Waals surface area contributed by atoms with Gasteiger partial charge >= 0.3 is 0 Å². The highest BCUT2D eigenvalue weighted by Crippen LogP contribution is 2.29. The van der Waals surface area contributed by atoms with Crippen LogP contribution in [0.5, 0.6) is 5.75 Å². The summed E-state index contributed by atoms with van der Waals surface area (Å²) in [4.78, 5) is 0. The molecule has 0 saturated heterocycles. The average molecular weight is 206 g/mol. The van der Waals surface area contributed by atoms with Gasteiger partial charge in [-0.2, -0.15) is 4.39 Å². The summed E-state index contributed by atoms with van der Waals surface area (Å²) in [6.07, 6.45) is 0. The van der Waals surface area contributed by atoms with E-state index in [9.17, 15) is 13.2 Å². The zero-order chi connectivity index (χ0) is 10.9. The van der Waals surface area contributed by atoms with Gasteiger partial charge in [0, 0.05) is 18.2 Å². The summed E-state index contributed by atoms with van der Waals surface area (Å²) >= 11 is 0. The number of hydrogen-bond acceptors (Lipinski definition) is 3. The number of aromatic hydroxyl groups is 1. The Kier molecular flexibility index (Phi) is 2.97. The van der Waals surface area contributed by atoms with Crippen LogP contribution >= 0.6 is 0 Å². The van der Waals surface area contributed by atoms with Crippen LogP contribution in [0.2, 0.25) is 0 Å². The molecule has 0 radical (unpaired) electrons. The zero-order valence-electron chi connectivity index (χ0n) is 7.10. The second kappa shape index (κ2) is 3.85. The van der Waals surface area contributed by atoms with E-state index in [0.29, 0.717) is 6.07 Å². The molecule has 1 rings (SSSR count). The van der Waals surface area contributed by atoms with Crippen molar-refractivity contribution in [3.63, 3.8) is 0 Å². The van der Waals surface area contributed by atoms with Crippen LogP contribution in [0.3, 0.4) is 0 Å². The Morgan fingerprint density at radius 1 is 1.29 bits per heavy atom. The van der Waals surface area contributed by atoms with Gasteiger partial charge in [-0.25, -0.2) is 8.78 Å². The molecule has 1 aromatic carbocycles. The predicted molar refractivity (Wildman–Crippen MR) is 44.0 cm³/mol. The van der Waals surface area contributed by atoms with E-state index in [1.54, 1.807) is 0 Å². The van der Waals surface area contributed by atoms with Crippen LogP contribution in [0.4, 0.5) is 13.2 Å². The van der Waals surface area contributed by atoms with Crippen LogP contribution in [0.15, 0.2) is 6.07 Å². The van der Waals surface area contributed by atoms with Gasteiger partial charge in [0.15, 0.2) is 17.4 Å². The molecule has 0 aliphatic heterocycles. The predicted octanol–water partition coefficient (Wildman–Crippen LogP) is 0.768. The number of phenolic OH excluding ortho intramolecular Hbond substituents is 1. The van der Waals surface area contributed by atoms with Crippen LogP contribution < -0.4 is 11.5 Å². The molecule has 1 aromatic rings. The Morgan fingerprint density at radius 3 is 2.36 bits per heavy atom. The van der Waals surface area contributed by atoms with Crippen molar-refractivity contribution in [1.82, 2.24) is 0 Å². The lowest BCUT2D eigenvalue weighted by atomic mass is 10.1. The van der Waals surface area contributed by atoms with Gasteiger partial charge < -0.3 is 16.6 Å². The fourth-order valence-corrected chi connectivity index (χ4v) is 1.01. The van der Waals surface area contributed by atoms with E-state index in [2.05, 4.69) is 0 Å². The van der Waals surface area contributed by atoms with Crippen molar-refractivity contribution in [2.75, 3.05) is 6.54 Å². The molecule has 1 atom stereocenters. The number of halogens is 3. The first kappa shape index (κ1) is 10.8. The van der Waals surface area contributed by atoms with Gasteiger partial charge in [0.1, 0.15) is 0 Å². The van der Waals surface area contributed by atoms with Crippen LogP contribution in [0.1, 0.15) is 11.6 Å². The fourth-order valence-electron chi connectivity index (χ4n) is 1.01. The van der Waals surface area contributed by atoms with Gasteiger partial charge in [0.25, 0.3) is 0 Å². The number of phenols is 1. The Labute approximate surface area is 78.1 Å². The Bertz CT molecular complexity index is 357. The van der Waals surface area contributed by atoms with E-state index in [-0.39, 0.29) is 12.1 Å². The van der Waals surface area contributed by atoms with Crippen LogP contribution in [0.25, 0.3) is 0 Å². The molecule has 5 N–H and O–H groups in total. The number of nitrogens with two attached hydrogens (primary N) is 2. The van der Waals surface area contributed by atoms with E-state index in [1.807, 2.05) is 0 Å². The van der Waals surface area contributed by atoms with E-state index >= 15 is 0 Å². The third-order valence-corrected chi connectivity index (χ3v) is 1.82. The van der Waals surface area contributed by atoms with E-state index in [1.165, 1.54) is 0 Å². The molecule has 0 fully saturated rings. The molecule has 14 heavy (non-hydrogen) atoms. The summed E-state index contributed by atoms with van der Waals surface area (Å²) in [6, 6.07) is -0.301. The number of hydrogen-bond donors (Lipinski definition) is 3. The monoisotopic (exact) mass is 206 g/mol.